The van der Waals surface area contributed by atoms with Crippen LogP contribution in [-0.2, 0) is 0 Å². The highest BCUT2D eigenvalue weighted by Crippen LogP contribution is 2.25. The zero-order valence-corrected chi connectivity index (χ0v) is 11.6. The number of aromatic carboxylic acids is 1. The van der Waals surface area contributed by atoms with Crippen molar-refractivity contribution in [1.29, 1.82) is 0 Å². The molecule has 108 valence electrons. The number of nitrogens with zero attached hydrogens (tertiary/aromatic N) is 1. The van der Waals surface area contributed by atoms with Crippen LogP contribution in [-0.4, -0.2) is 29.1 Å². The van der Waals surface area contributed by atoms with Gasteiger partial charge in [0.2, 0.25) is 0 Å². The topological polar surface area (TPSA) is 88.5 Å². The molecule has 0 aliphatic heterocycles. The van der Waals surface area contributed by atoms with Crippen molar-refractivity contribution < 1.29 is 19.4 Å². The number of carboxylic acid groups (broad SMARTS) is 1. The lowest BCUT2D eigenvalue weighted by Crippen LogP contribution is -2.16. The van der Waals surface area contributed by atoms with Gasteiger partial charge in [0.1, 0.15) is 17.1 Å². The quantitative estimate of drug-likeness (QED) is 0.900. The molecule has 0 spiro atoms. The van der Waals surface area contributed by atoms with Crippen molar-refractivity contribution in [3.63, 3.8) is 0 Å². The fourth-order valence-corrected chi connectivity index (χ4v) is 1.79. The molecule has 0 aliphatic rings. The van der Waals surface area contributed by atoms with Crippen molar-refractivity contribution >= 4 is 17.6 Å². The molecule has 2 rings (SSSR count). The fourth-order valence-electron chi connectivity index (χ4n) is 1.79. The summed E-state index contributed by atoms with van der Waals surface area (Å²) in [6.07, 6.45) is 0. The number of hydrogen-bond acceptors (Lipinski definition) is 4. The van der Waals surface area contributed by atoms with E-state index in [9.17, 15) is 9.59 Å². The Morgan fingerprint density at radius 3 is 2.57 bits per heavy atom. The summed E-state index contributed by atoms with van der Waals surface area (Å²) in [6, 6.07) is 9.61. The van der Waals surface area contributed by atoms with Crippen molar-refractivity contribution in [1.82, 2.24) is 4.98 Å². The predicted octanol–water partition coefficient (Wildman–Crippen LogP) is 2.35. The van der Waals surface area contributed by atoms with Gasteiger partial charge in [-0.3, -0.25) is 4.79 Å². The molecular weight excluding hydrogens is 272 g/mol. The molecule has 2 N–H and O–H groups in total. The van der Waals surface area contributed by atoms with E-state index in [0.29, 0.717) is 11.4 Å². The van der Waals surface area contributed by atoms with E-state index in [1.807, 2.05) is 13.0 Å². The Balaban J connectivity index is 2.28. The summed E-state index contributed by atoms with van der Waals surface area (Å²) >= 11 is 0. The normalized spacial score (nSPS) is 10.0. The number of nitrogens with one attached hydrogen (secondary N) is 1. The SMILES string of the molecule is COc1ccc(C)cc1NC(=O)c1cccc(C(=O)O)n1. The van der Waals surface area contributed by atoms with E-state index >= 15 is 0 Å². The molecule has 1 amide bonds. The van der Waals surface area contributed by atoms with Crippen molar-refractivity contribution in [2.24, 2.45) is 0 Å². The smallest absolute Gasteiger partial charge is 0.354 e. The minimum absolute atomic E-state index is 0.0264. The van der Waals surface area contributed by atoms with Gasteiger partial charge in [0.25, 0.3) is 5.91 Å². The third-order valence-corrected chi connectivity index (χ3v) is 2.80. The van der Waals surface area contributed by atoms with Crippen LogP contribution >= 0.6 is 0 Å². The number of carbonyl (C=O) groups is 2. The Hall–Kier alpha value is -2.89. The first-order valence-corrected chi connectivity index (χ1v) is 6.17. The van der Waals surface area contributed by atoms with E-state index < -0.39 is 11.9 Å². The molecule has 6 nitrogen and oxygen atoms in total. The van der Waals surface area contributed by atoms with Gasteiger partial charge in [0.15, 0.2) is 0 Å². The Bertz CT molecular complexity index is 698. The van der Waals surface area contributed by atoms with Crippen LogP contribution < -0.4 is 10.1 Å². The Morgan fingerprint density at radius 1 is 1.19 bits per heavy atom. The fraction of sp³-hybridized carbons (Fsp3) is 0.133. The number of methoxy groups -OCH3 is 1. The Labute approximate surface area is 121 Å². The maximum atomic E-state index is 12.1. The largest absolute Gasteiger partial charge is 0.495 e. The first-order valence-electron chi connectivity index (χ1n) is 6.17. The number of aromatic nitrogens is 1. The van der Waals surface area contributed by atoms with E-state index in [1.54, 1.807) is 12.1 Å². The van der Waals surface area contributed by atoms with Crippen LogP contribution in [0.15, 0.2) is 36.4 Å². The van der Waals surface area contributed by atoms with E-state index in [-0.39, 0.29) is 11.4 Å². The van der Waals surface area contributed by atoms with Crippen LogP contribution in [0.1, 0.15) is 26.5 Å². The lowest BCUT2D eigenvalue weighted by Gasteiger charge is -2.10. The van der Waals surface area contributed by atoms with Crippen molar-refractivity contribution in [3.8, 4) is 5.75 Å². The Kier molecular flexibility index (Phi) is 4.18. The summed E-state index contributed by atoms with van der Waals surface area (Å²) in [7, 11) is 1.50. The van der Waals surface area contributed by atoms with Gasteiger partial charge in [0.05, 0.1) is 12.8 Å². The van der Waals surface area contributed by atoms with Crippen LogP contribution in [0.5, 0.6) is 5.75 Å². The summed E-state index contributed by atoms with van der Waals surface area (Å²) in [6.45, 7) is 1.89. The maximum absolute atomic E-state index is 12.1. The molecule has 0 fully saturated rings. The predicted molar refractivity (Wildman–Crippen MR) is 76.9 cm³/mol. The number of hydrogen-bond donors (Lipinski definition) is 2. The molecule has 2 aromatic rings. The number of carbonyl (C=O) groups excluding carboxylic acids is 1. The molecule has 1 aromatic carbocycles. The number of aryl methyl sites for hydroxylation is 1. The second-order valence-corrected chi connectivity index (χ2v) is 4.37. The average Bonchev–Trinajstić information content (AvgIpc) is 2.47. The molecule has 1 aromatic heterocycles. The van der Waals surface area contributed by atoms with Gasteiger partial charge in [-0.25, -0.2) is 9.78 Å². The highest BCUT2D eigenvalue weighted by molar-refractivity contribution is 6.04. The number of anilines is 1. The second-order valence-electron chi connectivity index (χ2n) is 4.37. The maximum Gasteiger partial charge on any atom is 0.354 e. The van der Waals surface area contributed by atoms with Crippen LogP contribution in [0.3, 0.4) is 0 Å². The summed E-state index contributed by atoms with van der Waals surface area (Å²) in [5.41, 5.74) is 1.31. The average molecular weight is 286 g/mol. The number of pyridine rings is 1. The molecule has 21 heavy (non-hydrogen) atoms. The zero-order valence-electron chi connectivity index (χ0n) is 11.6. The molecule has 0 saturated heterocycles. The molecule has 0 saturated carbocycles. The van der Waals surface area contributed by atoms with Gasteiger partial charge in [0, 0.05) is 0 Å². The second kappa shape index (κ2) is 6.04. The van der Waals surface area contributed by atoms with E-state index in [4.69, 9.17) is 9.84 Å². The number of benzene rings is 1. The number of ether oxygens (including phenoxy) is 1. The number of rotatable bonds is 4. The number of carboxylic acids is 1. The van der Waals surface area contributed by atoms with Gasteiger partial charge >= 0.3 is 5.97 Å². The molecule has 0 unspecified atom stereocenters. The standard InChI is InChI=1S/C15H14N2O4/c1-9-6-7-13(21-2)12(8-9)17-14(18)10-4-3-5-11(16-10)15(19)20/h3-8H,1-2H3,(H,17,18)(H,19,20). The van der Waals surface area contributed by atoms with Gasteiger partial charge in [-0.15, -0.1) is 0 Å². The van der Waals surface area contributed by atoms with Crippen LogP contribution in [0.2, 0.25) is 0 Å². The molecule has 1 heterocycles. The molecule has 0 bridgehead atoms. The first kappa shape index (κ1) is 14.5. The number of amides is 1. The van der Waals surface area contributed by atoms with Crippen LogP contribution in [0, 0.1) is 6.92 Å². The minimum atomic E-state index is -1.18. The minimum Gasteiger partial charge on any atom is -0.495 e. The van der Waals surface area contributed by atoms with Crippen LogP contribution in [0.4, 0.5) is 5.69 Å². The van der Waals surface area contributed by atoms with Crippen molar-refractivity contribution in [2.75, 3.05) is 12.4 Å². The van der Waals surface area contributed by atoms with Crippen LogP contribution in [0.25, 0.3) is 0 Å². The van der Waals surface area contributed by atoms with Gasteiger partial charge in [-0.2, -0.15) is 0 Å². The highest BCUT2D eigenvalue weighted by Gasteiger charge is 2.13. The van der Waals surface area contributed by atoms with E-state index in [0.717, 1.165) is 5.56 Å². The lowest BCUT2D eigenvalue weighted by atomic mass is 10.2. The summed E-state index contributed by atoms with van der Waals surface area (Å²) in [5.74, 6) is -1.16. The highest BCUT2D eigenvalue weighted by atomic mass is 16.5. The summed E-state index contributed by atoms with van der Waals surface area (Å²) in [4.78, 5) is 26.8. The van der Waals surface area contributed by atoms with E-state index in [2.05, 4.69) is 10.3 Å². The summed E-state index contributed by atoms with van der Waals surface area (Å²) in [5, 5.41) is 11.6. The Morgan fingerprint density at radius 2 is 1.90 bits per heavy atom. The molecule has 6 heteroatoms. The third-order valence-electron chi connectivity index (χ3n) is 2.80. The summed E-state index contributed by atoms with van der Waals surface area (Å²) < 4.78 is 5.17. The van der Waals surface area contributed by atoms with Crippen molar-refractivity contribution in [2.45, 2.75) is 6.92 Å². The molecule has 0 aliphatic carbocycles. The molecule has 0 radical (unpaired) electrons. The molecule has 0 atom stereocenters. The third kappa shape index (κ3) is 3.36. The van der Waals surface area contributed by atoms with Gasteiger partial charge in [-0.05, 0) is 36.8 Å². The van der Waals surface area contributed by atoms with Gasteiger partial charge < -0.3 is 15.2 Å². The zero-order chi connectivity index (χ0) is 15.4. The first-order chi connectivity index (χ1) is 10.0. The van der Waals surface area contributed by atoms with E-state index in [1.165, 1.54) is 25.3 Å². The van der Waals surface area contributed by atoms with Gasteiger partial charge in [-0.1, -0.05) is 12.1 Å². The monoisotopic (exact) mass is 286 g/mol. The molecular formula is C15H14N2O4. The van der Waals surface area contributed by atoms with Crippen molar-refractivity contribution in [3.05, 3.63) is 53.3 Å². The lowest BCUT2D eigenvalue weighted by molar-refractivity contribution is 0.0690.